The number of nitrogens with one attached hydrogen (secondary N) is 1. The first-order chi connectivity index (χ1) is 9.53. The first kappa shape index (κ1) is 14.3. The summed E-state index contributed by atoms with van der Waals surface area (Å²) in [5.41, 5.74) is -0.0101. The number of nitrogens with zero attached hydrogens (tertiary/aromatic N) is 1. The van der Waals surface area contributed by atoms with Gasteiger partial charge in [-0.1, -0.05) is 43.3 Å². The lowest BCUT2D eigenvalue weighted by atomic mass is 9.89. The topological polar surface area (TPSA) is 49.4 Å². The van der Waals surface area contributed by atoms with E-state index in [0.717, 1.165) is 5.56 Å². The Labute approximate surface area is 119 Å². The maximum atomic E-state index is 12.7. The Morgan fingerprint density at radius 1 is 1.35 bits per heavy atom. The summed E-state index contributed by atoms with van der Waals surface area (Å²) in [6, 6.07) is 8.77. The third-order valence-corrected chi connectivity index (χ3v) is 3.84. The van der Waals surface area contributed by atoms with Crippen molar-refractivity contribution in [2.75, 3.05) is 6.54 Å². The highest BCUT2D eigenvalue weighted by molar-refractivity contribution is 6.00. The summed E-state index contributed by atoms with van der Waals surface area (Å²) in [6.45, 7) is 7.72. The van der Waals surface area contributed by atoms with Crippen molar-refractivity contribution in [3.63, 3.8) is 0 Å². The van der Waals surface area contributed by atoms with Crippen LogP contribution in [0.25, 0.3) is 0 Å². The molecule has 1 aliphatic heterocycles. The summed E-state index contributed by atoms with van der Waals surface area (Å²) >= 11 is 0. The van der Waals surface area contributed by atoms with Crippen molar-refractivity contribution in [1.82, 2.24) is 10.2 Å². The molecular formula is C16H20N2O2. The second kappa shape index (κ2) is 5.49. The number of amides is 2. The van der Waals surface area contributed by atoms with E-state index in [1.807, 2.05) is 37.3 Å². The van der Waals surface area contributed by atoms with Gasteiger partial charge in [-0.15, -0.1) is 6.58 Å². The summed E-state index contributed by atoms with van der Waals surface area (Å²) < 4.78 is 0. The molecule has 0 spiro atoms. The molecule has 4 nitrogen and oxygen atoms in total. The van der Waals surface area contributed by atoms with Crippen LogP contribution in [0.1, 0.15) is 31.9 Å². The minimum atomic E-state index is -0.828. The first-order valence-corrected chi connectivity index (χ1v) is 6.82. The Bertz CT molecular complexity index is 527. The molecule has 0 radical (unpaired) electrons. The number of carbonyl (C=O) groups excluding carboxylic acids is 2. The zero-order valence-corrected chi connectivity index (χ0v) is 11.9. The third kappa shape index (κ3) is 2.33. The molecule has 1 aromatic carbocycles. The van der Waals surface area contributed by atoms with E-state index in [-0.39, 0.29) is 11.8 Å². The fraction of sp³-hybridized carbons (Fsp3) is 0.375. The van der Waals surface area contributed by atoms with Crippen LogP contribution in [0.5, 0.6) is 0 Å². The van der Waals surface area contributed by atoms with E-state index in [1.54, 1.807) is 17.9 Å². The van der Waals surface area contributed by atoms with Gasteiger partial charge in [-0.05, 0) is 18.9 Å². The van der Waals surface area contributed by atoms with Gasteiger partial charge in [0.05, 0.1) is 0 Å². The average Bonchev–Trinajstić information content (AvgIpc) is 2.46. The van der Waals surface area contributed by atoms with Crippen LogP contribution in [0.2, 0.25) is 0 Å². The predicted octanol–water partition coefficient (Wildman–Crippen LogP) is 2.04. The molecule has 1 fully saturated rings. The van der Waals surface area contributed by atoms with E-state index in [1.165, 1.54) is 0 Å². The van der Waals surface area contributed by atoms with Crippen molar-refractivity contribution in [2.45, 2.75) is 31.8 Å². The van der Waals surface area contributed by atoms with E-state index < -0.39 is 11.6 Å². The summed E-state index contributed by atoms with van der Waals surface area (Å²) in [5, 5.41) is 2.86. The van der Waals surface area contributed by atoms with Gasteiger partial charge in [-0.3, -0.25) is 9.59 Å². The van der Waals surface area contributed by atoms with Crippen molar-refractivity contribution >= 4 is 11.8 Å². The maximum Gasteiger partial charge on any atom is 0.249 e. The predicted molar refractivity (Wildman–Crippen MR) is 77.9 cm³/mol. The van der Waals surface area contributed by atoms with Crippen molar-refractivity contribution in [3.05, 3.63) is 48.6 Å². The van der Waals surface area contributed by atoms with Crippen LogP contribution in [0.3, 0.4) is 0 Å². The largest absolute Gasteiger partial charge is 0.340 e. The van der Waals surface area contributed by atoms with Crippen LogP contribution in [0.15, 0.2) is 43.0 Å². The minimum Gasteiger partial charge on any atom is -0.340 e. The van der Waals surface area contributed by atoms with Crippen molar-refractivity contribution in [2.24, 2.45) is 0 Å². The van der Waals surface area contributed by atoms with E-state index in [2.05, 4.69) is 11.9 Å². The first-order valence-electron chi connectivity index (χ1n) is 6.82. The fourth-order valence-electron chi connectivity index (χ4n) is 2.50. The van der Waals surface area contributed by atoms with Gasteiger partial charge < -0.3 is 10.2 Å². The fourth-order valence-corrected chi connectivity index (χ4v) is 2.50. The Balaban J connectivity index is 2.43. The second-order valence-corrected chi connectivity index (χ2v) is 5.23. The number of hydrogen-bond donors (Lipinski definition) is 1. The molecule has 0 saturated carbocycles. The molecule has 0 aliphatic carbocycles. The summed E-state index contributed by atoms with van der Waals surface area (Å²) in [7, 11) is 0. The minimum absolute atomic E-state index is 0.0617. The highest BCUT2D eigenvalue weighted by atomic mass is 16.2. The highest BCUT2D eigenvalue weighted by Crippen LogP contribution is 2.30. The Kier molecular flexibility index (Phi) is 3.93. The smallest absolute Gasteiger partial charge is 0.249 e. The summed E-state index contributed by atoms with van der Waals surface area (Å²) in [4.78, 5) is 26.7. The van der Waals surface area contributed by atoms with Crippen LogP contribution in [-0.4, -0.2) is 28.8 Å². The van der Waals surface area contributed by atoms with Gasteiger partial charge in [-0.25, -0.2) is 0 Å². The van der Waals surface area contributed by atoms with Crippen LogP contribution in [-0.2, 0) is 9.59 Å². The van der Waals surface area contributed by atoms with E-state index in [0.29, 0.717) is 13.0 Å². The van der Waals surface area contributed by atoms with Gasteiger partial charge in [0.2, 0.25) is 11.8 Å². The molecule has 1 aromatic rings. The van der Waals surface area contributed by atoms with Gasteiger partial charge in [0, 0.05) is 6.54 Å². The molecule has 20 heavy (non-hydrogen) atoms. The van der Waals surface area contributed by atoms with Gasteiger partial charge in [-0.2, -0.15) is 0 Å². The molecule has 4 heteroatoms. The Hall–Kier alpha value is -2.10. The number of hydrogen-bond acceptors (Lipinski definition) is 2. The number of carbonyl (C=O) groups is 2. The zero-order valence-electron chi connectivity index (χ0n) is 11.9. The van der Waals surface area contributed by atoms with Crippen molar-refractivity contribution < 1.29 is 9.59 Å². The number of rotatable bonds is 4. The van der Waals surface area contributed by atoms with Crippen LogP contribution in [0, 0.1) is 0 Å². The Morgan fingerprint density at radius 2 is 2.00 bits per heavy atom. The van der Waals surface area contributed by atoms with Crippen LogP contribution in [0.4, 0.5) is 0 Å². The lowest BCUT2D eigenvalue weighted by Gasteiger charge is -2.43. The summed E-state index contributed by atoms with van der Waals surface area (Å²) in [6.07, 6.45) is 2.22. The average molecular weight is 272 g/mol. The lowest BCUT2D eigenvalue weighted by molar-refractivity contribution is -0.154. The molecule has 2 rings (SSSR count). The quantitative estimate of drug-likeness (QED) is 0.853. The monoisotopic (exact) mass is 272 g/mol. The van der Waals surface area contributed by atoms with Crippen molar-refractivity contribution in [1.29, 1.82) is 0 Å². The molecule has 0 bridgehead atoms. The maximum absolute atomic E-state index is 12.7. The lowest BCUT2D eigenvalue weighted by Crippen LogP contribution is -2.65. The molecule has 2 amide bonds. The van der Waals surface area contributed by atoms with Crippen LogP contribution >= 0.6 is 0 Å². The molecule has 1 heterocycles. The second-order valence-electron chi connectivity index (χ2n) is 5.23. The molecule has 0 aromatic heterocycles. The molecule has 1 N–H and O–H groups in total. The van der Waals surface area contributed by atoms with Gasteiger partial charge >= 0.3 is 0 Å². The molecule has 2 atom stereocenters. The van der Waals surface area contributed by atoms with Crippen molar-refractivity contribution in [3.8, 4) is 0 Å². The normalized spacial score (nSPS) is 26.3. The third-order valence-electron chi connectivity index (χ3n) is 3.84. The molecule has 1 saturated heterocycles. The van der Waals surface area contributed by atoms with E-state index in [4.69, 9.17) is 0 Å². The Morgan fingerprint density at radius 3 is 2.55 bits per heavy atom. The highest BCUT2D eigenvalue weighted by Gasteiger charge is 2.46. The van der Waals surface area contributed by atoms with Gasteiger partial charge in [0.1, 0.15) is 11.6 Å². The molecular weight excluding hydrogens is 252 g/mol. The summed E-state index contributed by atoms with van der Waals surface area (Å²) in [5.74, 6) is -0.199. The molecule has 1 aliphatic rings. The zero-order chi connectivity index (χ0) is 14.8. The van der Waals surface area contributed by atoms with Gasteiger partial charge in [0.15, 0.2) is 0 Å². The number of benzene rings is 1. The van der Waals surface area contributed by atoms with Crippen LogP contribution < -0.4 is 5.32 Å². The molecule has 2 unspecified atom stereocenters. The van der Waals surface area contributed by atoms with Gasteiger partial charge in [0.25, 0.3) is 0 Å². The van der Waals surface area contributed by atoms with E-state index in [9.17, 15) is 9.59 Å². The standard InChI is InChI=1S/C16H20N2O2/c1-4-11-18-13(12-9-7-6-8-10-12)14(19)17-16(3,5-2)15(18)20/h4,6-10,13H,1,5,11H2,2-3H3,(H,17,19). The number of piperazine rings is 1. The van der Waals surface area contributed by atoms with E-state index >= 15 is 0 Å². The SMILES string of the molecule is C=CCN1C(=O)C(C)(CC)NC(=O)C1c1ccccc1. The molecule has 106 valence electrons.